The number of carboxylic acid groups (broad SMARTS) is 3. The van der Waals surface area contributed by atoms with E-state index in [4.69, 9.17) is 5.11 Å². The molecule has 0 amide bonds. The Hall–Kier alpha value is -1.71. The number of carbonyl (C=O) groups is 3. The Morgan fingerprint density at radius 3 is 1.61 bits per heavy atom. The summed E-state index contributed by atoms with van der Waals surface area (Å²) in [6, 6.07) is -0.0555. The summed E-state index contributed by atoms with van der Waals surface area (Å²) in [5.41, 5.74) is 0. The van der Waals surface area contributed by atoms with Gasteiger partial charge in [0.05, 0.1) is 19.6 Å². The molecular formula is C24H47N3O6. The van der Waals surface area contributed by atoms with Crippen molar-refractivity contribution in [3.63, 3.8) is 0 Å². The van der Waals surface area contributed by atoms with Gasteiger partial charge in [-0.2, -0.15) is 0 Å². The highest BCUT2D eigenvalue weighted by molar-refractivity contribution is 5.70. The predicted octanol–water partition coefficient (Wildman–Crippen LogP) is 3.09. The van der Waals surface area contributed by atoms with Crippen LogP contribution in [-0.2, 0) is 14.4 Å². The van der Waals surface area contributed by atoms with Crippen molar-refractivity contribution in [2.45, 2.75) is 84.6 Å². The van der Waals surface area contributed by atoms with Gasteiger partial charge in [0.2, 0.25) is 0 Å². The van der Waals surface area contributed by atoms with E-state index in [0.29, 0.717) is 32.7 Å². The molecule has 0 aromatic rings. The molecule has 0 radical (unpaired) electrons. The van der Waals surface area contributed by atoms with Gasteiger partial charge in [-0.15, -0.1) is 0 Å². The predicted molar refractivity (Wildman–Crippen MR) is 130 cm³/mol. The summed E-state index contributed by atoms with van der Waals surface area (Å²) >= 11 is 0. The maximum absolute atomic E-state index is 11.5. The molecule has 0 saturated heterocycles. The van der Waals surface area contributed by atoms with Crippen molar-refractivity contribution in [3.8, 4) is 0 Å². The van der Waals surface area contributed by atoms with E-state index >= 15 is 0 Å². The Kier molecular flexibility index (Phi) is 18.7. The SMILES string of the molecule is CCCCCCCCCCC(CN(CCN(CC)CC(=O)O)CC(=O)O)N(CC)CC(=O)O. The lowest BCUT2D eigenvalue weighted by molar-refractivity contribution is -0.141. The Morgan fingerprint density at radius 1 is 0.636 bits per heavy atom. The number of likely N-dealkylation sites (N-methyl/N-ethyl adjacent to an activating group) is 2. The highest BCUT2D eigenvalue weighted by atomic mass is 16.4. The largest absolute Gasteiger partial charge is 0.480 e. The zero-order chi connectivity index (χ0) is 25.1. The molecule has 33 heavy (non-hydrogen) atoms. The first-order valence-electron chi connectivity index (χ1n) is 12.6. The lowest BCUT2D eigenvalue weighted by Gasteiger charge is -2.34. The third-order valence-corrected chi connectivity index (χ3v) is 6.02. The number of nitrogens with zero attached hydrogens (tertiary/aromatic N) is 3. The Labute approximate surface area is 199 Å². The number of aliphatic carboxylic acids is 3. The van der Waals surface area contributed by atoms with Crippen molar-refractivity contribution in [1.29, 1.82) is 0 Å². The summed E-state index contributed by atoms with van der Waals surface area (Å²) < 4.78 is 0. The van der Waals surface area contributed by atoms with Crippen LogP contribution in [0.4, 0.5) is 0 Å². The molecule has 0 aromatic carbocycles. The van der Waals surface area contributed by atoms with Gasteiger partial charge in [-0.05, 0) is 19.5 Å². The van der Waals surface area contributed by atoms with Crippen LogP contribution in [-0.4, -0.2) is 106 Å². The zero-order valence-corrected chi connectivity index (χ0v) is 21.0. The molecule has 0 rings (SSSR count). The molecule has 0 saturated carbocycles. The molecule has 9 nitrogen and oxygen atoms in total. The van der Waals surface area contributed by atoms with Crippen LogP contribution in [0, 0.1) is 0 Å². The summed E-state index contributed by atoms with van der Waals surface area (Å²) in [6.07, 6.45) is 10.3. The fraction of sp³-hybridized carbons (Fsp3) is 0.875. The number of hydrogen-bond donors (Lipinski definition) is 3. The van der Waals surface area contributed by atoms with Crippen LogP contribution in [0.15, 0.2) is 0 Å². The summed E-state index contributed by atoms with van der Waals surface area (Å²) in [7, 11) is 0. The molecule has 0 aromatic heterocycles. The van der Waals surface area contributed by atoms with Gasteiger partial charge in [-0.25, -0.2) is 0 Å². The van der Waals surface area contributed by atoms with Gasteiger partial charge >= 0.3 is 17.9 Å². The zero-order valence-electron chi connectivity index (χ0n) is 21.0. The lowest BCUT2D eigenvalue weighted by atomic mass is 10.0. The van der Waals surface area contributed by atoms with E-state index in [1.807, 2.05) is 23.6 Å². The first-order chi connectivity index (χ1) is 15.7. The van der Waals surface area contributed by atoms with Gasteiger partial charge < -0.3 is 15.3 Å². The van der Waals surface area contributed by atoms with Crippen molar-refractivity contribution >= 4 is 17.9 Å². The third kappa shape index (κ3) is 17.4. The normalized spacial score (nSPS) is 12.5. The Balaban J connectivity index is 5.00. The van der Waals surface area contributed by atoms with Crippen LogP contribution >= 0.6 is 0 Å². The molecule has 0 aliphatic rings. The first kappa shape index (κ1) is 31.3. The van der Waals surface area contributed by atoms with E-state index in [0.717, 1.165) is 19.3 Å². The Morgan fingerprint density at radius 2 is 1.12 bits per heavy atom. The van der Waals surface area contributed by atoms with Gasteiger partial charge in [0.15, 0.2) is 0 Å². The second-order valence-corrected chi connectivity index (χ2v) is 8.77. The number of unbranched alkanes of at least 4 members (excludes halogenated alkanes) is 7. The van der Waals surface area contributed by atoms with Crippen LogP contribution in [0.3, 0.4) is 0 Å². The van der Waals surface area contributed by atoms with Crippen LogP contribution in [0.5, 0.6) is 0 Å². The van der Waals surface area contributed by atoms with Gasteiger partial charge in [-0.1, -0.05) is 72.1 Å². The second kappa shape index (κ2) is 19.7. The van der Waals surface area contributed by atoms with Gasteiger partial charge in [0.25, 0.3) is 0 Å². The van der Waals surface area contributed by atoms with E-state index in [2.05, 4.69) is 6.92 Å². The van der Waals surface area contributed by atoms with Crippen molar-refractivity contribution in [2.24, 2.45) is 0 Å². The maximum Gasteiger partial charge on any atom is 0.317 e. The molecule has 0 heterocycles. The molecule has 0 aliphatic heterocycles. The minimum atomic E-state index is -0.941. The molecule has 0 aliphatic carbocycles. The monoisotopic (exact) mass is 473 g/mol. The van der Waals surface area contributed by atoms with Crippen LogP contribution < -0.4 is 0 Å². The van der Waals surface area contributed by atoms with Crippen LogP contribution in [0.2, 0.25) is 0 Å². The smallest absolute Gasteiger partial charge is 0.317 e. The molecule has 0 bridgehead atoms. The highest BCUT2D eigenvalue weighted by Gasteiger charge is 2.23. The molecule has 0 spiro atoms. The lowest BCUT2D eigenvalue weighted by Crippen LogP contribution is -2.49. The van der Waals surface area contributed by atoms with Crippen molar-refractivity contribution in [2.75, 3.05) is 52.4 Å². The van der Waals surface area contributed by atoms with Crippen molar-refractivity contribution in [3.05, 3.63) is 0 Å². The number of carboxylic acids is 3. The van der Waals surface area contributed by atoms with Crippen LogP contribution in [0.1, 0.15) is 78.6 Å². The topological polar surface area (TPSA) is 122 Å². The highest BCUT2D eigenvalue weighted by Crippen LogP contribution is 2.15. The summed E-state index contributed by atoms with van der Waals surface area (Å²) in [6.45, 7) is 8.17. The van der Waals surface area contributed by atoms with Gasteiger partial charge in [0, 0.05) is 25.7 Å². The average molecular weight is 474 g/mol. The first-order valence-corrected chi connectivity index (χ1v) is 12.6. The molecule has 3 N–H and O–H groups in total. The molecular weight excluding hydrogens is 426 g/mol. The third-order valence-electron chi connectivity index (χ3n) is 6.02. The summed E-state index contributed by atoms with van der Waals surface area (Å²) in [4.78, 5) is 39.4. The molecule has 194 valence electrons. The van der Waals surface area contributed by atoms with E-state index in [1.54, 1.807) is 4.90 Å². The van der Waals surface area contributed by atoms with E-state index in [1.165, 1.54) is 38.5 Å². The molecule has 1 atom stereocenters. The minimum absolute atomic E-state index is 0.0555. The van der Waals surface area contributed by atoms with Crippen molar-refractivity contribution < 1.29 is 29.7 Å². The fourth-order valence-electron chi connectivity index (χ4n) is 4.12. The summed E-state index contributed by atoms with van der Waals surface area (Å²) in [5.74, 6) is -2.74. The molecule has 9 heteroatoms. The standard InChI is InChI=1S/C24H47N3O6/c1-4-7-8-9-10-11-12-13-14-21(27(6-3)20-24(32)33)17-26(19-23(30)31)16-15-25(5-2)18-22(28)29/h21H,4-20H2,1-3H3,(H,28,29)(H,30,31)(H,32,33). The Bertz CT molecular complexity index is 546. The minimum Gasteiger partial charge on any atom is -0.480 e. The fourth-order valence-corrected chi connectivity index (χ4v) is 4.12. The number of hydrogen-bond acceptors (Lipinski definition) is 6. The van der Waals surface area contributed by atoms with Crippen LogP contribution in [0.25, 0.3) is 0 Å². The van der Waals surface area contributed by atoms with E-state index in [-0.39, 0.29) is 25.7 Å². The van der Waals surface area contributed by atoms with Gasteiger partial charge in [-0.3, -0.25) is 29.1 Å². The maximum atomic E-state index is 11.5. The van der Waals surface area contributed by atoms with Gasteiger partial charge in [0.1, 0.15) is 0 Å². The van der Waals surface area contributed by atoms with E-state index < -0.39 is 17.9 Å². The van der Waals surface area contributed by atoms with E-state index in [9.17, 15) is 24.6 Å². The van der Waals surface area contributed by atoms with Crippen molar-refractivity contribution in [1.82, 2.24) is 14.7 Å². The average Bonchev–Trinajstić information content (AvgIpc) is 2.74. The number of rotatable bonds is 23. The molecule has 0 fully saturated rings. The summed E-state index contributed by atoms with van der Waals surface area (Å²) in [5, 5.41) is 27.8. The second-order valence-electron chi connectivity index (χ2n) is 8.77. The molecule has 1 unspecified atom stereocenters. The quantitative estimate of drug-likeness (QED) is 0.192.